The van der Waals surface area contributed by atoms with E-state index in [0.717, 1.165) is 42.9 Å². The maximum absolute atomic E-state index is 6.04. The van der Waals surface area contributed by atoms with Gasteiger partial charge < -0.3 is 15.0 Å². The summed E-state index contributed by atoms with van der Waals surface area (Å²) in [6.45, 7) is 5.93. The Bertz CT molecular complexity index is 596. The van der Waals surface area contributed by atoms with E-state index in [1.165, 1.54) is 5.56 Å². The van der Waals surface area contributed by atoms with Crippen LogP contribution < -0.4 is 5.73 Å². The molecule has 112 valence electrons. The van der Waals surface area contributed by atoms with Gasteiger partial charge in [-0.15, -0.1) is 0 Å². The fourth-order valence-corrected chi connectivity index (χ4v) is 2.88. The van der Waals surface area contributed by atoms with E-state index in [9.17, 15) is 0 Å². The summed E-state index contributed by atoms with van der Waals surface area (Å²) in [6.07, 6.45) is 1.93. The highest BCUT2D eigenvalue weighted by molar-refractivity contribution is 5.76. The van der Waals surface area contributed by atoms with Gasteiger partial charge in [0.25, 0.3) is 0 Å². The molecule has 0 bridgehead atoms. The minimum Gasteiger partial charge on any atom is -0.381 e. The van der Waals surface area contributed by atoms with Crippen LogP contribution in [0.5, 0.6) is 0 Å². The quantitative estimate of drug-likeness (QED) is 0.928. The highest BCUT2D eigenvalue weighted by atomic mass is 16.5. The fourth-order valence-electron chi connectivity index (χ4n) is 2.88. The second kappa shape index (κ2) is 5.90. The highest BCUT2D eigenvalue weighted by Crippen LogP contribution is 2.38. The molecule has 21 heavy (non-hydrogen) atoms. The van der Waals surface area contributed by atoms with E-state index in [1.807, 2.05) is 0 Å². The highest BCUT2D eigenvalue weighted by Gasteiger charge is 2.26. The molecule has 2 heterocycles. The summed E-state index contributed by atoms with van der Waals surface area (Å²) in [4.78, 5) is 0. The SMILES string of the molecule is CC(C)c1ccc(-c2c(N)noc2C2CCOCC2)cc1. The summed E-state index contributed by atoms with van der Waals surface area (Å²) in [7, 11) is 0. The minimum absolute atomic E-state index is 0.350. The van der Waals surface area contributed by atoms with Gasteiger partial charge >= 0.3 is 0 Å². The predicted molar refractivity (Wildman–Crippen MR) is 83.2 cm³/mol. The van der Waals surface area contributed by atoms with Crippen molar-refractivity contribution in [2.45, 2.75) is 38.5 Å². The van der Waals surface area contributed by atoms with Crippen LogP contribution in [0.2, 0.25) is 0 Å². The van der Waals surface area contributed by atoms with Crippen molar-refractivity contribution in [2.75, 3.05) is 18.9 Å². The molecule has 0 radical (unpaired) electrons. The van der Waals surface area contributed by atoms with E-state index in [1.54, 1.807) is 0 Å². The average Bonchev–Trinajstić information content (AvgIpc) is 2.90. The van der Waals surface area contributed by atoms with Crippen molar-refractivity contribution in [3.05, 3.63) is 35.6 Å². The zero-order chi connectivity index (χ0) is 14.8. The lowest BCUT2D eigenvalue weighted by atomic mass is 9.91. The number of hydrogen-bond donors (Lipinski definition) is 1. The number of anilines is 1. The number of rotatable bonds is 3. The topological polar surface area (TPSA) is 61.3 Å². The number of nitrogen functional groups attached to an aromatic ring is 1. The molecule has 0 unspecified atom stereocenters. The number of ether oxygens (including phenoxy) is 1. The minimum atomic E-state index is 0.350. The second-order valence-corrected chi connectivity index (χ2v) is 5.97. The predicted octanol–water partition coefficient (Wildman–Crippen LogP) is 3.94. The number of nitrogens with zero attached hydrogens (tertiary/aromatic N) is 1. The number of hydrogen-bond acceptors (Lipinski definition) is 4. The van der Waals surface area contributed by atoms with Gasteiger partial charge in [0, 0.05) is 19.1 Å². The molecule has 1 saturated heterocycles. The molecule has 0 aliphatic carbocycles. The molecule has 1 aromatic carbocycles. The van der Waals surface area contributed by atoms with Crippen molar-refractivity contribution < 1.29 is 9.26 Å². The van der Waals surface area contributed by atoms with Crippen LogP contribution in [0.4, 0.5) is 5.82 Å². The summed E-state index contributed by atoms with van der Waals surface area (Å²) >= 11 is 0. The number of aromatic nitrogens is 1. The zero-order valence-electron chi connectivity index (χ0n) is 12.6. The zero-order valence-corrected chi connectivity index (χ0v) is 12.6. The molecule has 4 nitrogen and oxygen atoms in total. The van der Waals surface area contributed by atoms with Crippen molar-refractivity contribution in [3.63, 3.8) is 0 Å². The largest absolute Gasteiger partial charge is 0.381 e. The first-order valence-electron chi connectivity index (χ1n) is 7.60. The molecular weight excluding hydrogens is 264 g/mol. The molecule has 1 aromatic heterocycles. The average molecular weight is 286 g/mol. The van der Waals surface area contributed by atoms with Gasteiger partial charge in [-0.3, -0.25) is 0 Å². The van der Waals surface area contributed by atoms with E-state index in [-0.39, 0.29) is 0 Å². The van der Waals surface area contributed by atoms with Gasteiger partial charge in [-0.2, -0.15) is 0 Å². The van der Waals surface area contributed by atoms with E-state index in [0.29, 0.717) is 17.7 Å². The third-order valence-corrected chi connectivity index (χ3v) is 4.20. The van der Waals surface area contributed by atoms with Crippen LogP contribution in [-0.4, -0.2) is 18.4 Å². The number of benzene rings is 1. The normalized spacial score (nSPS) is 16.5. The van der Waals surface area contributed by atoms with Crippen LogP contribution in [0.3, 0.4) is 0 Å². The maximum Gasteiger partial charge on any atom is 0.175 e. The van der Waals surface area contributed by atoms with E-state index >= 15 is 0 Å². The summed E-state index contributed by atoms with van der Waals surface area (Å²) in [5.74, 6) is 2.26. The molecule has 2 N–H and O–H groups in total. The van der Waals surface area contributed by atoms with E-state index in [4.69, 9.17) is 15.0 Å². The lowest BCUT2D eigenvalue weighted by molar-refractivity contribution is 0.0792. The smallest absolute Gasteiger partial charge is 0.175 e. The molecule has 1 aliphatic rings. The van der Waals surface area contributed by atoms with Crippen molar-refractivity contribution >= 4 is 5.82 Å². The third kappa shape index (κ3) is 2.81. The van der Waals surface area contributed by atoms with Gasteiger partial charge in [0.2, 0.25) is 0 Å². The van der Waals surface area contributed by atoms with Crippen molar-refractivity contribution in [3.8, 4) is 11.1 Å². The lowest BCUT2D eigenvalue weighted by Gasteiger charge is -2.20. The molecule has 0 saturated carbocycles. The molecule has 1 aliphatic heterocycles. The van der Waals surface area contributed by atoms with Gasteiger partial charge in [-0.05, 0) is 29.9 Å². The molecule has 0 spiro atoms. The van der Waals surface area contributed by atoms with Crippen LogP contribution in [-0.2, 0) is 4.74 Å². The Balaban J connectivity index is 1.95. The Hall–Kier alpha value is -1.81. The molecule has 0 atom stereocenters. The summed E-state index contributed by atoms with van der Waals surface area (Å²) in [6, 6.07) is 8.53. The Morgan fingerprint density at radius 2 is 1.81 bits per heavy atom. The molecule has 3 rings (SSSR count). The third-order valence-electron chi connectivity index (χ3n) is 4.20. The van der Waals surface area contributed by atoms with Crippen LogP contribution in [0, 0.1) is 0 Å². The molecular formula is C17H22N2O2. The van der Waals surface area contributed by atoms with Gasteiger partial charge in [0.15, 0.2) is 5.82 Å². The molecule has 4 heteroatoms. The van der Waals surface area contributed by atoms with Gasteiger partial charge in [0.05, 0.1) is 5.56 Å². The summed E-state index contributed by atoms with van der Waals surface area (Å²) in [5, 5.41) is 3.99. The Morgan fingerprint density at radius 1 is 1.14 bits per heavy atom. The van der Waals surface area contributed by atoms with Crippen molar-refractivity contribution in [1.82, 2.24) is 5.16 Å². The second-order valence-electron chi connectivity index (χ2n) is 5.97. The number of nitrogens with two attached hydrogens (primary N) is 1. The van der Waals surface area contributed by atoms with Gasteiger partial charge in [-0.1, -0.05) is 43.3 Å². The Morgan fingerprint density at radius 3 is 2.43 bits per heavy atom. The monoisotopic (exact) mass is 286 g/mol. The van der Waals surface area contributed by atoms with Gasteiger partial charge in [0.1, 0.15) is 5.76 Å². The molecule has 2 aromatic rings. The van der Waals surface area contributed by atoms with Crippen LogP contribution in [0.25, 0.3) is 11.1 Å². The summed E-state index contributed by atoms with van der Waals surface area (Å²) < 4.78 is 11.0. The Kier molecular flexibility index (Phi) is 3.97. The standard InChI is InChI=1S/C17H22N2O2/c1-11(2)12-3-5-13(6-4-12)15-16(21-19-17(15)18)14-7-9-20-10-8-14/h3-6,11,14H,7-10H2,1-2H3,(H2,18,19). The Labute approximate surface area is 125 Å². The maximum atomic E-state index is 6.04. The molecule has 0 amide bonds. The van der Waals surface area contributed by atoms with Gasteiger partial charge in [-0.25, -0.2) is 0 Å². The first kappa shape index (κ1) is 14.1. The van der Waals surface area contributed by atoms with Crippen LogP contribution in [0.15, 0.2) is 28.8 Å². The first-order chi connectivity index (χ1) is 10.2. The summed E-state index contributed by atoms with van der Waals surface area (Å²) in [5.41, 5.74) is 9.40. The molecule has 1 fully saturated rings. The first-order valence-corrected chi connectivity index (χ1v) is 7.60. The van der Waals surface area contributed by atoms with Crippen LogP contribution in [0.1, 0.15) is 49.8 Å². The fraction of sp³-hybridized carbons (Fsp3) is 0.471. The van der Waals surface area contributed by atoms with Crippen LogP contribution >= 0.6 is 0 Å². The lowest BCUT2D eigenvalue weighted by Crippen LogP contribution is -2.14. The van der Waals surface area contributed by atoms with Crippen molar-refractivity contribution in [1.29, 1.82) is 0 Å². The van der Waals surface area contributed by atoms with E-state index < -0.39 is 0 Å². The van der Waals surface area contributed by atoms with E-state index in [2.05, 4.69) is 43.3 Å². The van der Waals surface area contributed by atoms with Crippen molar-refractivity contribution in [2.24, 2.45) is 0 Å².